The van der Waals surface area contributed by atoms with Crippen LogP contribution in [0.4, 0.5) is 0 Å². The van der Waals surface area contributed by atoms with E-state index in [-0.39, 0.29) is 0 Å². The van der Waals surface area contributed by atoms with Gasteiger partial charge in [-0.15, -0.1) is 0 Å². The van der Waals surface area contributed by atoms with Gasteiger partial charge in [0.1, 0.15) is 0 Å². The third-order valence-corrected chi connectivity index (χ3v) is 13.0. The molecule has 0 spiro atoms. The molecule has 4 heteroatoms. The molecule has 1 aliphatic rings. The zero-order chi connectivity index (χ0) is 7.72. The molecule has 0 aromatic heterocycles. The van der Waals surface area contributed by atoms with Gasteiger partial charge in [0, 0.05) is 0 Å². The third-order valence-electron chi connectivity index (χ3n) is 1.15. The van der Waals surface area contributed by atoms with Crippen molar-refractivity contribution in [2.24, 2.45) is 0 Å². The van der Waals surface area contributed by atoms with Crippen LogP contribution in [0, 0.1) is 0 Å². The number of carbonyl (C=O) groups is 1. The quantitative estimate of drug-likeness (QED) is 0.491. The Balaban J connectivity index is 2.81. The van der Waals surface area contributed by atoms with E-state index in [0.717, 1.165) is 0 Å². The van der Waals surface area contributed by atoms with Crippen LogP contribution >= 0.6 is 18.7 Å². The van der Waals surface area contributed by atoms with Crippen molar-refractivity contribution in [1.82, 2.24) is 0 Å². The molecule has 0 bridgehead atoms. The molecule has 0 fully saturated rings. The monoisotopic (exact) mass is 366 g/mol. The van der Waals surface area contributed by atoms with E-state index in [1.54, 1.807) is 6.08 Å². The van der Waals surface area contributed by atoms with Gasteiger partial charge >= 0.3 is 76.5 Å². The fourth-order valence-corrected chi connectivity index (χ4v) is 6.28. The number of aliphatic carboxylic acids is 1. The molecule has 10 heavy (non-hydrogen) atoms. The summed E-state index contributed by atoms with van der Waals surface area (Å²) < 4.78 is 1.78. The van der Waals surface area contributed by atoms with Crippen LogP contribution in [0.3, 0.4) is 0 Å². The predicted molar refractivity (Wildman–Crippen MR) is 46.6 cm³/mol. The molecule has 0 unspecified atom stereocenters. The summed E-state index contributed by atoms with van der Waals surface area (Å²) in [5.41, 5.74) is 0. The first kappa shape index (κ1) is 8.57. The Bertz CT molecular complexity index is 232. The van der Waals surface area contributed by atoms with E-state index in [1.807, 2.05) is 13.0 Å². The summed E-state index contributed by atoms with van der Waals surface area (Å²) in [6, 6.07) is 0. The first-order valence-corrected chi connectivity index (χ1v) is 11.8. The van der Waals surface area contributed by atoms with Crippen molar-refractivity contribution in [1.29, 1.82) is 0 Å². The maximum atomic E-state index is 10.4. The SMILES string of the molecule is CC1=CC=C(C(=O)[O-])[Te]1I. The van der Waals surface area contributed by atoms with Crippen molar-refractivity contribution in [2.75, 3.05) is 0 Å². The summed E-state index contributed by atoms with van der Waals surface area (Å²) in [5.74, 6) is -0.987. The Labute approximate surface area is 75.9 Å². The number of allylic oxidation sites excluding steroid dienone is 3. The molecule has 0 atom stereocenters. The number of hydrogen-bond acceptors (Lipinski definition) is 2. The first-order valence-electron chi connectivity index (χ1n) is 2.63. The van der Waals surface area contributed by atoms with Gasteiger partial charge in [-0.2, -0.15) is 0 Å². The van der Waals surface area contributed by atoms with Crippen LogP contribution in [0.2, 0.25) is 0 Å². The molecule has 55 valence electrons. The van der Waals surface area contributed by atoms with Crippen LogP contribution in [-0.4, -0.2) is 21.6 Å². The average molecular weight is 364 g/mol. The number of carboxylic acid groups (broad SMARTS) is 1. The molecule has 0 saturated heterocycles. The number of rotatable bonds is 1. The topological polar surface area (TPSA) is 40.1 Å². The van der Waals surface area contributed by atoms with E-state index < -0.39 is 21.6 Å². The average Bonchev–Trinajstić information content (AvgIpc) is 2.14. The number of carboxylic acids is 1. The summed E-state index contributed by atoms with van der Waals surface area (Å²) in [4.78, 5) is 10.4. The molecule has 1 aliphatic heterocycles. The third kappa shape index (κ3) is 1.55. The molecular weight excluding hydrogens is 359 g/mol. The van der Waals surface area contributed by atoms with E-state index in [9.17, 15) is 9.90 Å². The second-order valence-electron chi connectivity index (χ2n) is 1.85. The van der Waals surface area contributed by atoms with Crippen LogP contribution in [-0.2, 0) is 4.79 Å². The number of hydrogen-bond donors (Lipinski definition) is 0. The van der Waals surface area contributed by atoms with Crippen LogP contribution in [0.15, 0.2) is 19.4 Å². The van der Waals surface area contributed by atoms with Crippen molar-refractivity contribution in [3.63, 3.8) is 0 Å². The molecule has 0 aromatic carbocycles. The van der Waals surface area contributed by atoms with E-state index in [1.165, 1.54) is 3.62 Å². The van der Waals surface area contributed by atoms with Crippen LogP contribution in [0.25, 0.3) is 0 Å². The molecule has 1 radical (unpaired) electrons. The van der Waals surface area contributed by atoms with Crippen LogP contribution < -0.4 is 5.11 Å². The maximum absolute atomic E-state index is 10.4. The predicted octanol–water partition coefficient (Wildman–Crippen LogP) is 0.128. The zero-order valence-corrected chi connectivity index (χ0v) is 9.75. The van der Waals surface area contributed by atoms with Gasteiger partial charge < -0.3 is 0 Å². The van der Waals surface area contributed by atoms with Gasteiger partial charge in [-0.25, -0.2) is 0 Å². The van der Waals surface area contributed by atoms with Crippen molar-refractivity contribution >= 4 is 40.3 Å². The zero-order valence-electron chi connectivity index (χ0n) is 5.26. The van der Waals surface area contributed by atoms with Gasteiger partial charge in [0.25, 0.3) is 0 Å². The second kappa shape index (κ2) is 3.24. The van der Waals surface area contributed by atoms with Gasteiger partial charge in [-0.05, 0) is 0 Å². The minimum absolute atomic E-state index is 0.543. The van der Waals surface area contributed by atoms with E-state index in [4.69, 9.17) is 0 Å². The van der Waals surface area contributed by atoms with Gasteiger partial charge in [-0.3, -0.25) is 0 Å². The summed E-state index contributed by atoms with van der Waals surface area (Å²) in [7, 11) is 0. The Morgan fingerprint density at radius 3 is 2.50 bits per heavy atom. The summed E-state index contributed by atoms with van der Waals surface area (Å²) >= 11 is 0.673. The fraction of sp³-hybridized carbons (Fsp3) is 0.167. The summed E-state index contributed by atoms with van der Waals surface area (Å²) in [6.07, 6.45) is 3.56. The van der Waals surface area contributed by atoms with E-state index >= 15 is 0 Å². The van der Waals surface area contributed by atoms with Crippen molar-refractivity contribution in [3.8, 4) is 0 Å². The molecule has 0 amide bonds. The van der Waals surface area contributed by atoms with Gasteiger partial charge in [-0.1, -0.05) is 0 Å². The standard InChI is InChI=1S/C6H6IO2Te/c1-4-2-3-5(6(8)9)10(4)7/h2-3H,1H3,(H,8,9)/p-1. The minimum atomic E-state index is -1.57. The van der Waals surface area contributed by atoms with Gasteiger partial charge in [0.15, 0.2) is 0 Å². The normalized spacial score (nSPS) is 18.6. The summed E-state index contributed by atoms with van der Waals surface area (Å²) in [5, 5.41) is 10.4. The molecule has 0 saturated carbocycles. The fourth-order valence-electron chi connectivity index (χ4n) is 0.627. The van der Waals surface area contributed by atoms with Crippen LogP contribution in [0.5, 0.6) is 0 Å². The molecule has 0 aliphatic carbocycles. The Hall–Kier alpha value is 0.470. The molecule has 0 aromatic rings. The molecule has 2 nitrogen and oxygen atoms in total. The van der Waals surface area contributed by atoms with Gasteiger partial charge in [0.05, 0.1) is 0 Å². The van der Waals surface area contributed by atoms with E-state index in [2.05, 4.69) is 18.7 Å². The van der Waals surface area contributed by atoms with E-state index in [0.29, 0.717) is 3.62 Å². The van der Waals surface area contributed by atoms with Crippen molar-refractivity contribution in [3.05, 3.63) is 19.4 Å². The van der Waals surface area contributed by atoms with Crippen molar-refractivity contribution < 1.29 is 9.90 Å². The Morgan fingerprint density at radius 2 is 2.30 bits per heavy atom. The Morgan fingerprint density at radius 1 is 1.70 bits per heavy atom. The molecule has 1 heterocycles. The number of halogens is 1. The molecular formula is C6H5IO2Te-. The van der Waals surface area contributed by atoms with Gasteiger partial charge in [0.2, 0.25) is 0 Å². The van der Waals surface area contributed by atoms with Crippen LogP contribution in [0.1, 0.15) is 6.92 Å². The summed E-state index contributed by atoms with van der Waals surface area (Å²) in [6.45, 7) is 1.98. The molecule has 0 N–H and O–H groups in total. The number of carbonyl (C=O) groups excluding carboxylic acids is 1. The van der Waals surface area contributed by atoms with Crippen molar-refractivity contribution in [2.45, 2.75) is 6.92 Å². The first-order chi connectivity index (χ1) is 4.63. The molecule has 1 rings (SSSR count). The Kier molecular flexibility index (Phi) is 2.78. The second-order valence-corrected chi connectivity index (χ2v) is 12.3.